The summed E-state index contributed by atoms with van der Waals surface area (Å²) in [7, 11) is 0. The maximum Gasteiger partial charge on any atom is 0.121 e. The van der Waals surface area contributed by atoms with Crippen LogP contribution in [0.5, 0.6) is 0 Å². The third-order valence-corrected chi connectivity index (χ3v) is 12.6. The first-order chi connectivity index (χ1) is 23.2. The van der Waals surface area contributed by atoms with E-state index in [1.807, 2.05) is 94.6 Å². The second-order valence-electron chi connectivity index (χ2n) is 13.4. The number of hydrogen-bond donors (Lipinski definition) is 0. The first-order valence-electron chi connectivity index (χ1n) is 17.1. The predicted octanol–water partition coefficient (Wildman–Crippen LogP) is 11.5. The van der Waals surface area contributed by atoms with Crippen molar-refractivity contribution in [2.75, 3.05) is 0 Å². The van der Waals surface area contributed by atoms with E-state index in [9.17, 15) is 0 Å². The van der Waals surface area contributed by atoms with E-state index in [0.29, 0.717) is 0 Å². The standard InChI is InChI=1S/C26H20NO.C17H22GeN.Ir/c1-17(2)19-12-13-27-24(15-19)21-9-11-25-23(14-21)22-10-8-20(16-26(22)28-25)18-6-4-3-5-7-18;1-13(2)15-11-17(14-9-7-6-8-10-14)19-12-16(15)18(3,4)5;/h3-8,10-17H,1-2H3;6-9,11-13H,1-5H3;/q2*-1;/i17D;13D;. The summed E-state index contributed by atoms with van der Waals surface area (Å²) in [5.74, 6) is 5.78. The van der Waals surface area contributed by atoms with Crippen molar-refractivity contribution >= 4 is 39.6 Å². The van der Waals surface area contributed by atoms with Gasteiger partial charge in [0.15, 0.2) is 0 Å². The topological polar surface area (TPSA) is 38.9 Å². The van der Waals surface area contributed by atoms with Crippen LogP contribution < -0.4 is 4.40 Å². The van der Waals surface area contributed by atoms with Crippen LogP contribution in [0.25, 0.3) is 55.6 Å². The van der Waals surface area contributed by atoms with Gasteiger partial charge in [0.05, 0.1) is 5.58 Å². The Morgan fingerprint density at radius 3 is 2.12 bits per heavy atom. The second kappa shape index (κ2) is 15.2. The molecule has 0 unspecified atom stereocenters. The third kappa shape index (κ3) is 7.89. The predicted molar refractivity (Wildman–Crippen MR) is 201 cm³/mol. The van der Waals surface area contributed by atoms with E-state index >= 15 is 0 Å². The van der Waals surface area contributed by atoms with Crippen molar-refractivity contribution in [3.05, 3.63) is 139 Å². The Labute approximate surface area is 304 Å². The second-order valence-corrected chi connectivity index (χ2v) is 23.9. The van der Waals surface area contributed by atoms with Crippen LogP contribution in [-0.2, 0) is 20.1 Å². The van der Waals surface area contributed by atoms with Crippen molar-refractivity contribution in [3.63, 3.8) is 0 Å². The van der Waals surface area contributed by atoms with Gasteiger partial charge in [0.25, 0.3) is 0 Å². The maximum absolute atomic E-state index is 8.44. The van der Waals surface area contributed by atoms with Gasteiger partial charge < -0.3 is 9.40 Å². The number of hydrogen-bond acceptors (Lipinski definition) is 3. The number of furan rings is 1. The van der Waals surface area contributed by atoms with Crippen LogP contribution in [0.4, 0.5) is 0 Å². The molecule has 4 aromatic carbocycles. The minimum atomic E-state index is -2.03. The zero-order chi connectivity index (χ0) is 35.0. The Morgan fingerprint density at radius 2 is 1.44 bits per heavy atom. The molecular weight excluding hydrogens is 825 g/mol. The summed E-state index contributed by atoms with van der Waals surface area (Å²) in [5.41, 5.74) is 9.65. The molecule has 48 heavy (non-hydrogen) atoms. The fourth-order valence-electron chi connectivity index (χ4n) is 5.73. The smallest absolute Gasteiger partial charge is 0.121 e. The van der Waals surface area contributed by atoms with Gasteiger partial charge in [0.1, 0.15) is 5.58 Å². The van der Waals surface area contributed by atoms with Crippen LogP contribution >= 0.6 is 0 Å². The quantitative estimate of drug-likeness (QED) is 0.123. The van der Waals surface area contributed by atoms with Crippen molar-refractivity contribution < 1.29 is 27.3 Å². The number of aromatic nitrogens is 2. The molecule has 0 saturated carbocycles. The summed E-state index contributed by atoms with van der Waals surface area (Å²) in [6.45, 7) is 7.68. The Morgan fingerprint density at radius 1 is 0.688 bits per heavy atom. The molecule has 0 aliphatic rings. The van der Waals surface area contributed by atoms with E-state index in [0.717, 1.165) is 61.1 Å². The summed E-state index contributed by atoms with van der Waals surface area (Å²) in [5, 5.41) is 2.12. The molecule has 0 aliphatic heterocycles. The molecule has 0 N–H and O–H groups in total. The summed E-state index contributed by atoms with van der Waals surface area (Å²) < 4.78 is 24.2. The van der Waals surface area contributed by atoms with Gasteiger partial charge in [-0.3, -0.25) is 0 Å². The molecule has 0 spiro atoms. The Balaban J connectivity index is 0.000000204. The molecule has 7 aromatic rings. The van der Waals surface area contributed by atoms with E-state index in [1.54, 1.807) is 6.20 Å². The average Bonchev–Trinajstić information content (AvgIpc) is 3.45. The van der Waals surface area contributed by atoms with E-state index in [4.69, 9.17) is 7.16 Å². The SMILES string of the molecule is [2H]C(C)(C)c1cc(-c2[c-]cccc2)nc[c]1[Ge]([CH3])([CH3])[CH3].[2H]C(C)(C)c1ccnc(-c2[c-]cc3oc4cc(-c5ccccc5)ccc4c3c2)c1.[Ir]. The Bertz CT molecular complexity index is 2230. The maximum atomic E-state index is 8.44. The summed E-state index contributed by atoms with van der Waals surface area (Å²) in [4.78, 5) is 9.12. The molecule has 245 valence electrons. The van der Waals surface area contributed by atoms with E-state index < -0.39 is 25.1 Å². The molecule has 5 heteroatoms. The average molecular weight is 870 g/mol. The van der Waals surface area contributed by atoms with Crippen LogP contribution in [-0.4, -0.2) is 23.2 Å². The minimum absolute atomic E-state index is 0. The first-order valence-corrected chi connectivity index (χ1v) is 23.4. The Hall–Kier alpha value is -3.83. The number of nitrogens with zero attached hydrogens (tertiary/aromatic N) is 2. The van der Waals surface area contributed by atoms with Crippen molar-refractivity contribution in [3.8, 4) is 33.6 Å². The molecule has 0 atom stereocenters. The zero-order valence-corrected chi connectivity index (χ0v) is 33.1. The van der Waals surface area contributed by atoms with Gasteiger partial charge in [-0.2, -0.15) is 0 Å². The number of rotatable bonds is 6. The van der Waals surface area contributed by atoms with Crippen LogP contribution in [0.2, 0.25) is 17.3 Å². The monoisotopic (exact) mass is 871 g/mol. The van der Waals surface area contributed by atoms with Crippen LogP contribution in [0, 0.1) is 12.1 Å². The first kappa shape index (κ1) is 32.7. The fraction of sp³-hybridized carbons (Fsp3) is 0.209. The molecule has 3 aromatic heterocycles. The zero-order valence-electron chi connectivity index (χ0n) is 30.6. The molecular formula is C43H42GeIrN2O-2. The van der Waals surface area contributed by atoms with Crippen molar-refractivity contribution in [2.45, 2.75) is 56.8 Å². The van der Waals surface area contributed by atoms with Gasteiger partial charge >= 0.3 is 120 Å². The number of fused-ring (bicyclic) bond motifs is 3. The summed E-state index contributed by atoms with van der Waals surface area (Å²) in [6.07, 6.45) is 3.76. The van der Waals surface area contributed by atoms with Gasteiger partial charge in [-0.05, 0) is 34.8 Å². The molecule has 3 nitrogen and oxygen atoms in total. The van der Waals surface area contributed by atoms with E-state index in [-0.39, 0.29) is 20.1 Å². The number of benzene rings is 4. The van der Waals surface area contributed by atoms with Gasteiger partial charge in [0.2, 0.25) is 0 Å². The van der Waals surface area contributed by atoms with E-state index in [2.05, 4.69) is 81.8 Å². The van der Waals surface area contributed by atoms with Gasteiger partial charge in [0, 0.05) is 33.1 Å². The molecule has 7 rings (SSSR count). The molecule has 0 bridgehead atoms. The summed E-state index contributed by atoms with van der Waals surface area (Å²) >= 11 is -2.03. The Kier molecular flexibility index (Phi) is 10.3. The van der Waals surface area contributed by atoms with Crippen molar-refractivity contribution in [1.82, 2.24) is 9.97 Å². The molecule has 3 heterocycles. The van der Waals surface area contributed by atoms with Gasteiger partial charge in [-0.15, -0.1) is 23.8 Å². The van der Waals surface area contributed by atoms with Crippen molar-refractivity contribution in [1.29, 1.82) is 0 Å². The molecule has 0 aliphatic carbocycles. The third-order valence-electron chi connectivity index (χ3n) is 8.36. The van der Waals surface area contributed by atoms with Crippen LogP contribution in [0.3, 0.4) is 0 Å². The molecule has 0 fully saturated rings. The van der Waals surface area contributed by atoms with Gasteiger partial charge in [-0.1, -0.05) is 73.3 Å². The van der Waals surface area contributed by atoms with Gasteiger partial charge in [-0.25, -0.2) is 0 Å². The van der Waals surface area contributed by atoms with Crippen LogP contribution in [0.1, 0.15) is 53.4 Å². The largest absolute Gasteiger partial charge is 0.500 e. The van der Waals surface area contributed by atoms with Crippen LogP contribution in [0.15, 0.2) is 120 Å². The normalized spacial score (nSPS) is 12.5. The molecule has 1 radical (unpaired) electrons. The molecule has 0 saturated heterocycles. The minimum Gasteiger partial charge on any atom is -0.500 e. The fourth-order valence-corrected chi connectivity index (χ4v) is 9.05. The summed E-state index contributed by atoms with van der Waals surface area (Å²) in [6, 6.07) is 40.9. The number of pyridine rings is 2. The van der Waals surface area contributed by atoms with Crippen molar-refractivity contribution in [2.24, 2.45) is 0 Å². The molecule has 0 amide bonds. The van der Waals surface area contributed by atoms with E-state index in [1.165, 1.54) is 9.96 Å².